The van der Waals surface area contributed by atoms with Gasteiger partial charge in [0.2, 0.25) is 0 Å². The third kappa shape index (κ3) is 27.0. The topological polar surface area (TPSA) is 57.5 Å². The van der Waals surface area contributed by atoms with Crippen LogP contribution < -0.4 is 0 Å². The van der Waals surface area contributed by atoms with Gasteiger partial charge in [-0.25, -0.2) is 0 Å². The summed E-state index contributed by atoms with van der Waals surface area (Å²) in [5.74, 6) is -0.651. The smallest absolute Gasteiger partial charge is 0.303 e. The molecule has 0 aromatic rings. The van der Waals surface area contributed by atoms with Gasteiger partial charge in [-0.1, -0.05) is 190 Å². The Bertz CT molecular complexity index is 884. The SMILES string of the molecule is CC1=C(/C=C/C(C)=C/C=C/C(C)=C/CO)C(C)(C)CCC1.CCCCCCCCCCCCCCCCCCCCCC(=O)O. The highest BCUT2D eigenvalue weighted by molar-refractivity contribution is 5.66. The fourth-order valence-corrected chi connectivity index (χ4v) is 6.20. The largest absolute Gasteiger partial charge is 0.481 e. The van der Waals surface area contributed by atoms with E-state index in [1.807, 2.05) is 19.1 Å². The van der Waals surface area contributed by atoms with Gasteiger partial charge in [0.05, 0.1) is 6.61 Å². The fraction of sp³-hybridized carbons (Fsp3) is 0.738. The van der Waals surface area contributed by atoms with E-state index in [4.69, 9.17) is 10.2 Å². The molecule has 0 heterocycles. The molecule has 0 radical (unpaired) electrons. The predicted molar refractivity (Wildman–Crippen MR) is 199 cm³/mol. The molecule has 0 bridgehead atoms. The summed E-state index contributed by atoms with van der Waals surface area (Å²) in [6.07, 6.45) is 42.4. The van der Waals surface area contributed by atoms with Crippen molar-refractivity contribution in [3.8, 4) is 0 Å². The molecule has 0 aromatic heterocycles. The standard InChI is InChI=1S/C22H44O2.C20H30O/c1-2-3-4-5-6-7-8-9-10-11-12-13-14-15-16-17-18-19-20-21-22(23)24;1-16(8-6-9-17(2)13-15-21)11-12-19-18(3)10-7-14-20(19,4)5/h2-21H2,1H3,(H,23,24);6,8-9,11-13,21H,7,10,14-15H2,1-5H3/b;9-6+,12-11+,16-8+,17-13+. The van der Waals surface area contributed by atoms with E-state index >= 15 is 0 Å². The molecule has 0 unspecified atom stereocenters. The van der Waals surface area contributed by atoms with E-state index < -0.39 is 5.97 Å². The third-order valence-corrected chi connectivity index (χ3v) is 9.18. The fourth-order valence-electron chi connectivity index (χ4n) is 6.20. The molecular weight excluding hydrogens is 552 g/mol. The highest BCUT2D eigenvalue weighted by atomic mass is 16.4. The van der Waals surface area contributed by atoms with E-state index in [9.17, 15) is 4.79 Å². The second-order valence-electron chi connectivity index (χ2n) is 14.2. The zero-order chi connectivity index (χ0) is 33.6. The van der Waals surface area contributed by atoms with Gasteiger partial charge in [-0.3, -0.25) is 4.79 Å². The van der Waals surface area contributed by atoms with Gasteiger partial charge in [0.15, 0.2) is 0 Å². The number of carbonyl (C=O) groups is 1. The molecule has 3 heteroatoms. The van der Waals surface area contributed by atoms with Gasteiger partial charge in [0.25, 0.3) is 0 Å². The van der Waals surface area contributed by atoms with Crippen molar-refractivity contribution in [1.82, 2.24) is 0 Å². The van der Waals surface area contributed by atoms with Crippen LogP contribution in [0.2, 0.25) is 0 Å². The molecule has 1 aliphatic rings. The third-order valence-electron chi connectivity index (χ3n) is 9.18. The molecule has 0 saturated carbocycles. The van der Waals surface area contributed by atoms with Crippen molar-refractivity contribution >= 4 is 5.97 Å². The summed E-state index contributed by atoms with van der Waals surface area (Å²) >= 11 is 0. The monoisotopic (exact) mass is 627 g/mol. The van der Waals surface area contributed by atoms with Crippen molar-refractivity contribution in [3.63, 3.8) is 0 Å². The first-order chi connectivity index (χ1) is 21.6. The van der Waals surface area contributed by atoms with Crippen LogP contribution in [0.4, 0.5) is 0 Å². The summed E-state index contributed by atoms with van der Waals surface area (Å²) in [5.41, 5.74) is 5.66. The molecule has 1 rings (SSSR count). The predicted octanol–water partition coefficient (Wildman–Crippen LogP) is 13.4. The zero-order valence-corrected chi connectivity index (χ0v) is 30.7. The normalized spacial score (nSPS) is 15.6. The maximum atomic E-state index is 10.4. The molecule has 260 valence electrons. The van der Waals surface area contributed by atoms with Gasteiger partial charge < -0.3 is 10.2 Å². The number of unbranched alkanes of at least 4 members (excludes halogenated alkanes) is 18. The van der Waals surface area contributed by atoms with Gasteiger partial charge in [0.1, 0.15) is 0 Å². The van der Waals surface area contributed by atoms with E-state index in [2.05, 4.69) is 52.8 Å². The van der Waals surface area contributed by atoms with Crippen LogP contribution in [0, 0.1) is 5.41 Å². The van der Waals surface area contributed by atoms with Crippen LogP contribution in [0.15, 0.2) is 58.7 Å². The first-order valence-electron chi connectivity index (χ1n) is 18.9. The summed E-state index contributed by atoms with van der Waals surface area (Å²) in [6, 6.07) is 0. The second kappa shape index (κ2) is 29.5. The summed E-state index contributed by atoms with van der Waals surface area (Å²) < 4.78 is 0. The Hall–Kier alpha value is -1.87. The van der Waals surface area contributed by atoms with Crippen molar-refractivity contribution in [1.29, 1.82) is 0 Å². The number of aliphatic hydroxyl groups excluding tert-OH is 1. The molecule has 1 aliphatic carbocycles. The minimum atomic E-state index is -0.651. The number of carboxylic acid groups (broad SMARTS) is 1. The Kier molecular flexibility index (Phi) is 28.3. The maximum absolute atomic E-state index is 10.4. The Balaban J connectivity index is 0.000000867. The van der Waals surface area contributed by atoms with Crippen molar-refractivity contribution in [3.05, 3.63) is 58.7 Å². The van der Waals surface area contributed by atoms with E-state index in [0.29, 0.717) is 11.8 Å². The lowest BCUT2D eigenvalue weighted by molar-refractivity contribution is -0.137. The van der Waals surface area contributed by atoms with E-state index in [1.165, 1.54) is 145 Å². The van der Waals surface area contributed by atoms with Crippen LogP contribution >= 0.6 is 0 Å². The summed E-state index contributed by atoms with van der Waals surface area (Å²) in [6.45, 7) is 13.5. The van der Waals surface area contributed by atoms with Crippen molar-refractivity contribution in [2.75, 3.05) is 6.61 Å². The molecule has 0 atom stereocenters. The molecule has 0 saturated heterocycles. The minimum absolute atomic E-state index is 0.0985. The highest BCUT2D eigenvalue weighted by Gasteiger charge is 2.26. The van der Waals surface area contributed by atoms with Crippen LogP contribution in [0.3, 0.4) is 0 Å². The van der Waals surface area contributed by atoms with Crippen LogP contribution in [0.5, 0.6) is 0 Å². The van der Waals surface area contributed by atoms with Crippen molar-refractivity contribution < 1.29 is 15.0 Å². The van der Waals surface area contributed by atoms with E-state index in [-0.39, 0.29) is 6.61 Å². The lowest BCUT2D eigenvalue weighted by atomic mass is 9.72. The number of aliphatic carboxylic acids is 1. The number of carboxylic acids is 1. The lowest BCUT2D eigenvalue weighted by Gasteiger charge is -2.32. The zero-order valence-electron chi connectivity index (χ0n) is 30.7. The number of hydrogen-bond acceptors (Lipinski definition) is 2. The van der Waals surface area contributed by atoms with Crippen molar-refractivity contribution in [2.24, 2.45) is 5.41 Å². The molecule has 45 heavy (non-hydrogen) atoms. The molecule has 2 N–H and O–H groups in total. The molecule has 3 nitrogen and oxygen atoms in total. The maximum Gasteiger partial charge on any atom is 0.303 e. The summed E-state index contributed by atoms with van der Waals surface area (Å²) in [4.78, 5) is 10.4. The van der Waals surface area contributed by atoms with E-state index in [1.54, 1.807) is 6.08 Å². The Morgan fingerprint density at radius 2 is 1.20 bits per heavy atom. The van der Waals surface area contributed by atoms with Gasteiger partial charge in [-0.2, -0.15) is 0 Å². The van der Waals surface area contributed by atoms with E-state index in [0.717, 1.165) is 18.4 Å². The number of aliphatic hydroxyl groups is 1. The second-order valence-corrected chi connectivity index (χ2v) is 14.2. The average molecular weight is 627 g/mol. The highest BCUT2D eigenvalue weighted by Crippen LogP contribution is 2.40. The van der Waals surface area contributed by atoms with Crippen LogP contribution in [0.25, 0.3) is 0 Å². The Morgan fingerprint density at radius 1 is 0.733 bits per heavy atom. The van der Waals surface area contributed by atoms with Gasteiger partial charge >= 0.3 is 5.97 Å². The Labute approximate surface area is 280 Å². The molecule has 0 amide bonds. The molecule has 0 aromatic carbocycles. The minimum Gasteiger partial charge on any atom is -0.481 e. The van der Waals surface area contributed by atoms with Crippen LogP contribution in [-0.4, -0.2) is 22.8 Å². The quantitative estimate of drug-likeness (QED) is 0.0783. The molecule has 0 aliphatic heterocycles. The van der Waals surface area contributed by atoms with Gasteiger partial charge in [-0.15, -0.1) is 0 Å². The lowest BCUT2D eigenvalue weighted by Crippen LogP contribution is -2.19. The number of rotatable bonds is 25. The first kappa shape index (κ1) is 43.1. The molecule has 0 fully saturated rings. The molecule has 0 spiro atoms. The van der Waals surface area contributed by atoms with Crippen molar-refractivity contribution in [2.45, 2.75) is 189 Å². The number of hydrogen-bond donors (Lipinski definition) is 2. The average Bonchev–Trinajstić information content (AvgIpc) is 2.98. The van der Waals surface area contributed by atoms with Crippen LogP contribution in [0.1, 0.15) is 189 Å². The molecular formula is C42H74O3. The summed E-state index contributed by atoms with van der Waals surface area (Å²) in [5, 5.41) is 17.4. The summed E-state index contributed by atoms with van der Waals surface area (Å²) in [7, 11) is 0. The van der Waals surface area contributed by atoms with Crippen LogP contribution in [-0.2, 0) is 4.79 Å². The number of allylic oxidation sites excluding steroid dienone is 9. The van der Waals surface area contributed by atoms with Gasteiger partial charge in [0, 0.05) is 6.42 Å². The Morgan fingerprint density at radius 3 is 1.62 bits per heavy atom. The first-order valence-corrected chi connectivity index (χ1v) is 18.9. The van der Waals surface area contributed by atoms with Gasteiger partial charge in [-0.05, 0) is 57.4 Å².